The zero-order chi connectivity index (χ0) is 31.0. The first kappa shape index (κ1) is 32.9. The van der Waals surface area contributed by atoms with Crippen molar-refractivity contribution in [2.75, 3.05) is 42.9 Å². The predicted octanol–water partition coefficient (Wildman–Crippen LogP) is 3.70. The largest absolute Gasteiger partial charge is 0.490 e. The lowest BCUT2D eigenvalue weighted by molar-refractivity contribution is -0.192. The van der Waals surface area contributed by atoms with E-state index in [0.717, 1.165) is 12.8 Å². The number of carboxylic acid groups (broad SMARTS) is 1. The third kappa shape index (κ3) is 9.19. The maximum Gasteiger partial charge on any atom is 0.490 e. The zero-order valence-corrected chi connectivity index (χ0v) is 23.4. The van der Waals surface area contributed by atoms with Crippen LogP contribution in [0.1, 0.15) is 30.1 Å². The van der Waals surface area contributed by atoms with E-state index < -0.39 is 24.1 Å². The number of amides is 3. The van der Waals surface area contributed by atoms with Gasteiger partial charge in [0.15, 0.2) is 0 Å². The first-order chi connectivity index (χ1) is 19.8. The monoisotopic (exact) mass is 617 g/mol. The third-order valence-corrected chi connectivity index (χ3v) is 6.99. The average molecular weight is 618 g/mol. The molecule has 5 N–H and O–H groups in total. The van der Waals surface area contributed by atoms with E-state index in [0.29, 0.717) is 54.7 Å². The van der Waals surface area contributed by atoms with Crippen molar-refractivity contribution in [3.8, 4) is 0 Å². The van der Waals surface area contributed by atoms with Gasteiger partial charge >= 0.3 is 18.2 Å². The molecule has 2 fully saturated rings. The van der Waals surface area contributed by atoms with E-state index in [-0.39, 0.29) is 24.0 Å². The number of carboxylic acids is 1. The number of hydrogen-bond donors (Lipinski definition) is 5. The predicted molar refractivity (Wildman–Crippen MR) is 148 cm³/mol. The molecule has 2 atom stereocenters. The molecule has 2 aromatic carbocycles. The van der Waals surface area contributed by atoms with E-state index in [2.05, 4.69) is 16.0 Å². The van der Waals surface area contributed by atoms with Crippen LogP contribution in [0.25, 0.3) is 0 Å². The van der Waals surface area contributed by atoms with Gasteiger partial charge in [0.2, 0.25) is 0 Å². The minimum atomic E-state index is -5.08. The number of aliphatic hydroxyl groups excluding tert-OH is 1. The molecule has 2 aromatic rings. The number of β-amino-alcohol motifs (C(OH)–C–C–N with tert-alkyl or cyclic N) is 1. The van der Waals surface area contributed by atoms with Crippen molar-refractivity contribution in [1.29, 1.82) is 0 Å². The summed E-state index contributed by atoms with van der Waals surface area (Å²) in [7, 11) is 0. The molecule has 0 saturated carbocycles. The Labute approximate surface area is 244 Å². The summed E-state index contributed by atoms with van der Waals surface area (Å²) in [5.41, 5.74) is 1.64. The number of anilines is 2. The highest BCUT2D eigenvalue weighted by molar-refractivity contribution is 6.30. The number of piperidine rings is 1. The summed E-state index contributed by atoms with van der Waals surface area (Å²) in [6.07, 6.45) is -4.19. The first-order valence-electron chi connectivity index (χ1n) is 13.2. The van der Waals surface area contributed by atoms with Crippen LogP contribution in [0.15, 0.2) is 42.5 Å². The summed E-state index contributed by atoms with van der Waals surface area (Å²) in [4.78, 5) is 37.4. The van der Waals surface area contributed by atoms with E-state index in [9.17, 15) is 32.3 Å². The number of benzene rings is 2. The highest BCUT2D eigenvalue weighted by Crippen LogP contribution is 2.30. The number of carbonyl (C=O) groups is 3. The van der Waals surface area contributed by atoms with Crippen LogP contribution >= 0.6 is 11.6 Å². The van der Waals surface area contributed by atoms with Gasteiger partial charge in [-0.05, 0) is 62.2 Å². The second-order valence-electron chi connectivity index (χ2n) is 9.77. The minimum absolute atomic E-state index is 0.00886. The van der Waals surface area contributed by atoms with Crippen LogP contribution in [0.3, 0.4) is 0 Å². The van der Waals surface area contributed by atoms with Crippen molar-refractivity contribution in [2.45, 2.75) is 44.1 Å². The van der Waals surface area contributed by atoms with Crippen LogP contribution in [0.4, 0.5) is 33.7 Å². The second-order valence-corrected chi connectivity index (χ2v) is 10.2. The lowest BCUT2D eigenvalue weighted by Gasteiger charge is -2.34. The Morgan fingerprint density at radius 3 is 2.24 bits per heavy atom. The molecule has 1 unspecified atom stereocenters. The minimum Gasteiger partial charge on any atom is -0.475 e. The van der Waals surface area contributed by atoms with E-state index in [1.165, 1.54) is 18.2 Å². The maximum absolute atomic E-state index is 14.0. The molecule has 42 heavy (non-hydrogen) atoms. The molecule has 2 aliphatic rings. The van der Waals surface area contributed by atoms with Gasteiger partial charge in [0.05, 0.1) is 23.5 Å². The van der Waals surface area contributed by atoms with Crippen molar-refractivity contribution in [3.63, 3.8) is 0 Å². The first-order valence-corrected chi connectivity index (χ1v) is 13.5. The highest BCUT2D eigenvalue weighted by atomic mass is 35.5. The summed E-state index contributed by atoms with van der Waals surface area (Å²) in [6, 6.07) is 10.7. The molecule has 4 rings (SSSR count). The smallest absolute Gasteiger partial charge is 0.475 e. The summed E-state index contributed by atoms with van der Waals surface area (Å²) < 4.78 is 45.8. The second kappa shape index (κ2) is 14.5. The van der Waals surface area contributed by atoms with Crippen molar-refractivity contribution in [3.05, 3.63) is 58.9 Å². The van der Waals surface area contributed by atoms with Crippen LogP contribution in [0.5, 0.6) is 0 Å². The Hall–Kier alpha value is -3.62. The van der Waals surface area contributed by atoms with E-state index >= 15 is 0 Å². The molecule has 230 valence electrons. The molecule has 0 bridgehead atoms. The van der Waals surface area contributed by atoms with Crippen LogP contribution in [0, 0.1) is 5.82 Å². The molecule has 0 aliphatic carbocycles. The van der Waals surface area contributed by atoms with E-state index in [4.69, 9.17) is 21.5 Å². The average Bonchev–Trinajstić information content (AvgIpc) is 3.29. The summed E-state index contributed by atoms with van der Waals surface area (Å²) >= 11 is 5.92. The number of alkyl halides is 3. The molecule has 2 aliphatic heterocycles. The summed E-state index contributed by atoms with van der Waals surface area (Å²) in [5, 5.41) is 27.4. The Morgan fingerprint density at radius 2 is 1.67 bits per heavy atom. The molecule has 2 heterocycles. The van der Waals surface area contributed by atoms with Crippen LogP contribution < -0.4 is 20.9 Å². The summed E-state index contributed by atoms with van der Waals surface area (Å²) in [6.45, 7) is 4.32. The molecule has 0 radical (unpaired) electrons. The number of urea groups is 1. The van der Waals surface area contributed by atoms with Gasteiger partial charge in [-0.25, -0.2) is 14.0 Å². The van der Waals surface area contributed by atoms with Gasteiger partial charge in [0.1, 0.15) is 5.82 Å². The number of carbonyl (C=O) groups excluding carboxylic acids is 2. The fourth-order valence-corrected chi connectivity index (χ4v) is 4.80. The Morgan fingerprint density at radius 1 is 1.05 bits per heavy atom. The molecule has 0 spiro atoms. The number of nitrogens with one attached hydrogen (secondary N) is 3. The number of aliphatic carboxylic acids is 1. The van der Waals surface area contributed by atoms with Crippen molar-refractivity contribution in [2.24, 2.45) is 0 Å². The number of aliphatic hydroxyl groups is 1. The van der Waals surface area contributed by atoms with Gasteiger partial charge < -0.3 is 36.0 Å². The number of nitrogens with zero attached hydrogens (tertiary/aromatic N) is 2. The molecule has 3 amide bonds. The third-order valence-electron chi connectivity index (χ3n) is 6.74. The standard InChI is InChI=1S/C25H31ClFN5O3.C2HF3O2/c1-2-28-25(35)30-20-8-7-18(27)13-22(20)32-14-21(23(33)15-32)29-19-9-11-31(12-10-19)24(34)16-3-5-17(26)6-4-16;3-2(4,5)1(6)7/h3-8,13,19,21,23,29,33H,2,9-12,14-15H2,1H3,(H2,28,30,35);(H,6,7)/t21?,23-;/m1./s1. The Kier molecular flexibility index (Phi) is 11.4. The van der Waals surface area contributed by atoms with Gasteiger partial charge in [-0.15, -0.1) is 0 Å². The SMILES string of the molecule is CCNC(=O)Nc1ccc(F)cc1N1CC(NC2CCN(C(=O)c3ccc(Cl)cc3)CC2)[C@H](O)C1.O=C(O)C(F)(F)F. The molecule has 15 heteroatoms. The van der Waals surface area contributed by atoms with Crippen molar-refractivity contribution < 1.29 is 42.2 Å². The molecular weight excluding hydrogens is 586 g/mol. The number of rotatable bonds is 6. The van der Waals surface area contributed by atoms with Crippen molar-refractivity contribution in [1.82, 2.24) is 15.5 Å². The maximum atomic E-state index is 14.0. The molecule has 0 aromatic heterocycles. The fraction of sp³-hybridized carbons (Fsp3) is 0.444. The van der Waals surface area contributed by atoms with Gasteiger partial charge in [-0.2, -0.15) is 13.2 Å². The lowest BCUT2D eigenvalue weighted by atomic mass is 10.0. The van der Waals surface area contributed by atoms with Gasteiger partial charge in [-0.3, -0.25) is 4.79 Å². The highest BCUT2D eigenvalue weighted by Gasteiger charge is 2.38. The van der Waals surface area contributed by atoms with Crippen LogP contribution in [-0.4, -0.2) is 90.1 Å². The lowest BCUT2D eigenvalue weighted by Crippen LogP contribution is -2.50. The van der Waals surface area contributed by atoms with Crippen LogP contribution in [-0.2, 0) is 4.79 Å². The number of hydrogen-bond acceptors (Lipinski definition) is 6. The Balaban J connectivity index is 0.000000616. The van der Waals surface area contributed by atoms with E-state index in [1.54, 1.807) is 24.3 Å². The molecule has 2 saturated heterocycles. The van der Waals surface area contributed by atoms with Gasteiger partial charge in [0.25, 0.3) is 5.91 Å². The zero-order valence-electron chi connectivity index (χ0n) is 22.6. The Bertz CT molecular complexity index is 1240. The van der Waals surface area contributed by atoms with Crippen molar-refractivity contribution >= 4 is 40.9 Å². The quantitative estimate of drug-likeness (QED) is 0.312. The fourth-order valence-electron chi connectivity index (χ4n) is 4.67. The molecule has 10 nitrogen and oxygen atoms in total. The topological polar surface area (TPSA) is 134 Å². The number of halogens is 5. The van der Waals surface area contributed by atoms with Gasteiger partial charge in [0, 0.05) is 49.4 Å². The normalized spacial score (nSPS) is 19.1. The molecular formula is C27H32ClF4N5O5. The number of likely N-dealkylation sites (tertiary alicyclic amines) is 1. The van der Waals surface area contributed by atoms with E-state index in [1.807, 2.05) is 16.7 Å². The van der Waals surface area contributed by atoms with Crippen LogP contribution in [0.2, 0.25) is 5.02 Å². The summed E-state index contributed by atoms with van der Waals surface area (Å²) in [5.74, 6) is -3.18. The van der Waals surface area contributed by atoms with Gasteiger partial charge in [-0.1, -0.05) is 11.6 Å².